The highest BCUT2D eigenvalue weighted by atomic mass is 79.9. The Morgan fingerprint density at radius 3 is 2.15 bits per heavy atom. The maximum absolute atomic E-state index is 3.66. The number of hydrogen-bond donors (Lipinski definition) is 0. The fraction of sp³-hybridized carbons (Fsp3) is 1.00. The average molecular weight is 244 g/mol. The fourth-order valence-corrected chi connectivity index (χ4v) is 3.71. The maximum atomic E-state index is 3.66. The number of fused-ring (bicyclic) bond motifs is 1. The summed E-state index contributed by atoms with van der Waals surface area (Å²) in [6.45, 7) is 4.21. The summed E-state index contributed by atoms with van der Waals surface area (Å²) in [6, 6.07) is 0. The van der Waals surface area contributed by atoms with E-state index in [9.17, 15) is 0 Å². The van der Waals surface area contributed by atoms with Gasteiger partial charge >= 0.3 is 0 Å². The predicted octanol–water partition coefficient (Wildman–Crippen LogP) is 2.50. The number of alkyl halides is 1. The lowest BCUT2D eigenvalue weighted by Crippen LogP contribution is -2.29. The molecule has 3 aliphatic rings. The summed E-state index contributed by atoms with van der Waals surface area (Å²) < 4.78 is 0. The number of likely N-dealkylation sites (tertiary alicyclic amines) is 1. The molecule has 0 bridgehead atoms. The lowest BCUT2D eigenvalue weighted by Gasteiger charge is -2.28. The molecule has 1 aliphatic heterocycles. The van der Waals surface area contributed by atoms with Crippen molar-refractivity contribution < 1.29 is 0 Å². The first-order valence-electron chi connectivity index (χ1n) is 5.60. The molecule has 1 saturated heterocycles. The first-order chi connectivity index (χ1) is 6.31. The molecule has 0 radical (unpaired) electrons. The van der Waals surface area contributed by atoms with Gasteiger partial charge in [-0.1, -0.05) is 15.9 Å². The van der Waals surface area contributed by atoms with Gasteiger partial charge in [-0.3, -0.25) is 0 Å². The quantitative estimate of drug-likeness (QED) is 0.689. The van der Waals surface area contributed by atoms with E-state index in [2.05, 4.69) is 20.8 Å². The van der Waals surface area contributed by atoms with Gasteiger partial charge in [0.2, 0.25) is 0 Å². The Hall–Kier alpha value is 0.440. The highest BCUT2D eigenvalue weighted by Crippen LogP contribution is 2.49. The number of rotatable bonds is 3. The molecule has 1 nitrogen and oxygen atoms in total. The van der Waals surface area contributed by atoms with Crippen LogP contribution in [0.1, 0.15) is 25.7 Å². The van der Waals surface area contributed by atoms with Crippen LogP contribution in [0.5, 0.6) is 0 Å². The average Bonchev–Trinajstić information content (AvgIpc) is 2.82. The molecular weight excluding hydrogens is 226 g/mol. The van der Waals surface area contributed by atoms with E-state index in [0.717, 1.165) is 11.8 Å². The topological polar surface area (TPSA) is 3.24 Å². The molecule has 3 rings (SSSR count). The number of halogens is 1. The van der Waals surface area contributed by atoms with Crippen molar-refractivity contribution in [3.8, 4) is 0 Å². The minimum Gasteiger partial charge on any atom is -0.302 e. The molecule has 3 fully saturated rings. The van der Waals surface area contributed by atoms with Crippen molar-refractivity contribution in [3.63, 3.8) is 0 Å². The van der Waals surface area contributed by atoms with Crippen LogP contribution in [0.25, 0.3) is 0 Å². The highest BCUT2D eigenvalue weighted by Gasteiger charge is 2.46. The molecule has 2 saturated carbocycles. The molecule has 0 spiro atoms. The third kappa shape index (κ3) is 1.46. The van der Waals surface area contributed by atoms with Gasteiger partial charge in [0, 0.05) is 25.0 Å². The Balaban J connectivity index is 1.56. The zero-order valence-corrected chi connectivity index (χ0v) is 9.72. The number of hydrogen-bond acceptors (Lipinski definition) is 1. The SMILES string of the molecule is BrCC1(CN2CC3CCC3C2)CC1. The Bertz CT molecular complexity index is 200. The molecule has 74 valence electrons. The van der Waals surface area contributed by atoms with E-state index in [4.69, 9.17) is 0 Å². The minimum atomic E-state index is 0.698. The molecule has 2 heteroatoms. The van der Waals surface area contributed by atoms with Crippen molar-refractivity contribution in [2.24, 2.45) is 17.3 Å². The van der Waals surface area contributed by atoms with Gasteiger partial charge in [0.15, 0.2) is 0 Å². The van der Waals surface area contributed by atoms with Gasteiger partial charge in [-0.2, -0.15) is 0 Å². The van der Waals surface area contributed by atoms with E-state index in [-0.39, 0.29) is 0 Å². The van der Waals surface area contributed by atoms with Gasteiger partial charge in [-0.25, -0.2) is 0 Å². The Kier molecular flexibility index (Phi) is 1.99. The van der Waals surface area contributed by atoms with Crippen LogP contribution in [-0.2, 0) is 0 Å². The molecule has 2 unspecified atom stereocenters. The molecule has 2 atom stereocenters. The summed E-state index contributed by atoms with van der Waals surface area (Å²) in [5.41, 5.74) is 0.698. The second-order valence-electron chi connectivity index (χ2n) is 5.43. The predicted molar refractivity (Wildman–Crippen MR) is 58.1 cm³/mol. The molecule has 0 N–H and O–H groups in total. The van der Waals surface area contributed by atoms with E-state index < -0.39 is 0 Å². The summed E-state index contributed by atoms with van der Waals surface area (Å²) in [4.78, 5) is 2.73. The van der Waals surface area contributed by atoms with Crippen molar-refractivity contribution in [3.05, 3.63) is 0 Å². The van der Waals surface area contributed by atoms with Gasteiger partial charge < -0.3 is 4.90 Å². The van der Waals surface area contributed by atoms with Gasteiger partial charge in [0.1, 0.15) is 0 Å². The summed E-state index contributed by atoms with van der Waals surface area (Å²) in [7, 11) is 0. The van der Waals surface area contributed by atoms with Gasteiger partial charge in [0.25, 0.3) is 0 Å². The molecule has 1 heterocycles. The Labute approximate surface area is 89.0 Å². The van der Waals surface area contributed by atoms with Crippen molar-refractivity contribution in [1.29, 1.82) is 0 Å². The van der Waals surface area contributed by atoms with Crippen LogP contribution >= 0.6 is 15.9 Å². The third-order valence-corrected chi connectivity index (χ3v) is 5.55. The van der Waals surface area contributed by atoms with Crippen LogP contribution < -0.4 is 0 Å². The van der Waals surface area contributed by atoms with Crippen LogP contribution in [0.2, 0.25) is 0 Å². The van der Waals surface area contributed by atoms with Crippen molar-refractivity contribution in [2.75, 3.05) is 25.0 Å². The van der Waals surface area contributed by atoms with Crippen LogP contribution in [0.15, 0.2) is 0 Å². The van der Waals surface area contributed by atoms with Crippen LogP contribution in [0.4, 0.5) is 0 Å². The van der Waals surface area contributed by atoms with Crippen LogP contribution in [-0.4, -0.2) is 29.9 Å². The fourth-order valence-electron chi connectivity index (χ4n) is 2.97. The van der Waals surface area contributed by atoms with Gasteiger partial charge in [0.05, 0.1) is 0 Å². The van der Waals surface area contributed by atoms with E-state index in [1.165, 1.54) is 50.6 Å². The summed E-state index contributed by atoms with van der Waals surface area (Å²) in [5, 5.41) is 1.23. The molecule has 0 aromatic carbocycles. The van der Waals surface area contributed by atoms with Crippen LogP contribution in [0.3, 0.4) is 0 Å². The molecular formula is C11H18BrN. The van der Waals surface area contributed by atoms with E-state index in [0.29, 0.717) is 5.41 Å². The van der Waals surface area contributed by atoms with Gasteiger partial charge in [-0.15, -0.1) is 0 Å². The molecule has 13 heavy (non-hydrogen) atoms. The molecule has 2 aliphatic carbocycles. The summed E-state index contributed by atoms with van der Waals surface area (Å²) in [6.07, 6.45) is 5.96. The zero-order chi connectivity index (χ0) is 8.89. The van der Waals surface area contributed by atoms with Crippen LogP contribution in [0, 0.1) is 17.3 Å². The van der Waals surface area contributed by atoms with E-state index >= 15 is 0 Å². The van der Waals surface area contributed by atoms with E-state index in [1.54, 1.807) is 0 Å². The summed E-state index contributed by atoms with van der Waals surface area (Å²) >= 11 is 3.66. The molecule has 0 aromatic heterocycles. The summed E-state index contributed by atoms with van der Waals surface area (Å²) in [5.74, 6) is 2.18. The third-order valence-electron chi connectivity index (χ3n) is 4.36. The van der Waals surface area contributed by atoms with Crippen molar-refractivity contribution in [2.45, 2.75) is 25.7 Å². The Morgan fingerprint density at radius 1 is 1.15 bits per heavy atom. The minimum absolute atomic E-state index is 0.698. The monoisotopic (exact) mass is 243 g/mol. The zero-order valence-electron chi connectivity index (χ0n) is 8.14. The lowest BCUT2D eigenvalue weighted by molar-refractivity contribution is 0.243. The largest absolute Gasteiger partial charge is 0.302 e. The van der Waals surface area contributed by atoms with Crippen molar-refractivity contribution in [1.82, 2.24) is 4.90 Å². The standard InChI is InChI=1S/C11H18BrN/c12-7-11(3-4-11)8-13-5-9-1-2-10(9)6-13/h9-10H,1-8H2. The second kappa shape index (κ2) is 2.96. The second-order valence-corrected chi connectivity index (χ2v) is 5.99. The van der Waals surface area contributed by atoms with E-state index in [1.807, 2.05) is 0 Å². The Morgan fingerprint density at radius 2 is 1.77 bits per heavy atom. The van der Waals surface area contributed by atoms with Crippen molar-refractivity contribution >= 4 is 15.9 Å². The smallest absolute Gasteiger partial charge is 0.0100 e. The first-order valence-corrected chi connectivity index (χ1v) is 6.72. The lowest BCUT2D eigenvalue weighted by atomic mass is 9.77. The first kappa shape index (κ1) is 8.72. The molecule has 0 amide bonds. The normalized spacial score (nSPS) is 41.3. The van der Waals surface area contributed by atoms with Gasteiger partial charge in [-0.05, 0) is 42.9 Å². The number of nitrogens with zero attached hydrogens (tertiary/aromatic N) is 1. The highest BCUT2D eigenvalue weighted by molar-refractivity contribution is 9.09. The maximum Gasteiger partial charge on any atom is 0.0100 e. The molecule has 0 aromatic rings.